The van der Waals surface area contributed by atoms with E-state index < -0.39 is 10.0 Å². The number of rotatable bonds is 4. The van der Waals surface area contributed by atoms with Gasteiger partial charge in [0.15, 0.2) is 11.5 Å². The molecule has 0 aliphatic carbocycles. The van der Waals surface area contributed by atoms with Crippen molar-refractivity contribution in [1.29, 1.82) is 0 Å². The average Bonchev–Trinajstić information content (AvgIpc) is 3.19. The van der Waals surface area contributed by atoms with Gasteiger partial charge in [0, 0.05) is 25.6 Å². The molecule has 0 bridgehead atoms. The Morgan fingerprint density at radius 2 is 1.92 bits per heavy atom. The van der Waals surface area contributed by atoms with Crippen LogP contribution >= 0.6 is 0 Å². The zero-order valence-electron chi connectivity index (χ0n) is 14.1. The van der Waals surface area contributed by atoms with Gasteiger partial charge in [0.2, 0.25) is 5.91 Å². The Balaban J connectivity index is 1.58. The molecule has 1 aliphatic rings. The molecule has 0 spiro atoms. The highest BCUT2D eigenvalue weighted by Gasteiger charge is 2.22. The van der Waals surface area contributed by atoms with Gasteiger partial charge in [-0.25, -0.2) is 13.4 Å². The van der Waals surface area contributed by atoms with Crippen LogP contribution in [-0.2, 0) is 14.8 Å². The summed E-state index contributed by atoms with van der Waals surface area (Å²) in [6, 6.07) is 11.2. The first-order valence-electron chi connectivity index (χ1n) is 8.23. The lowest BCUT2D eigenvalue weighted by molar-refractivity contribution is -0.117. The first-order chi connectivity index (χ1) is 12.4. The van der Waals surface area contributed by atoms with Gasteiger partial charge in [-0.05, 0) is 48.9 Å². The van der Waals surface area contributed by atoms with Gasteiger partial charge in [-0.15, -0.1) is 0 Å². The van der Waals surface area contributed by atoms with Crippen molar-refractivity contribution in [2.24, 2.45) is 0 Å². The highest BCUT2D eigenvalue weighted by Crippen LogP contribution is 2.25. The largest absolute Gasteiger partial charge is 0.441 e. The van der Waals surface area contributed by atoms with Gasteiger partial charge < -0.3 is 9.32 Å². The summed E-state index contributed by atoms with van der Waals surface area (Å²) in [6.07, 6.45) is 1.36. The molecule has 0 atom stereocenters. The molecule has 2 heterocycles. The molecule has 3 aromatic rings. The van der Waals surface area contributed by atoms with Gasteiger partial charge in [-0.1, -0.05) is 0 Å². The van der Waals surface area contributed by atoms with E-state index in [1.807, 2.05) is 0 Å². The van der Waals surface area contributed by atoms with Crippen LogP contribution in [0.2, 0.25) is 0 Å². The Hall–Kier alpha value is -2.87. The van der Waals surface area contributed by atoms with Crippen molar-refractivity contribution in [2.75, 3.05) is 16.2 Å². The lowest BCUT2D eigenvalue weighted by Crippen LogP contribution is -2.23. The number of carbonyl (C=O) groups excluding carboxylic acids is 1. The summed E-state index contributed by atoms with van der Waals surface area (Å²) in [5.74, 6) is 0.585. The molecule has 0 radical (unpaired) electrons. The van der Waals surface area contributed by atoms with E-state index in [0.717, 1.165) is 6.42 Å². The second kappa shape index (κ2) is 6.14. The number of fused-ring (bicyclic) bond motifs is 1. The number of sulfonamides is 1. The van der Waals surface area contributed by atoms with E-state index >= 15 is 0 Å². The number of benzene rings is 2. The smallest absolute Gasteiger partial charge is 0.261 e. The monoisotopic (exact) mass is 371 g/mol. The number of hydrogen-bond acceptors (Lipinski definition) is 5. The Morgan fingerprint density at radius 1 is 1.15 bits per heavy atom. The summed E-state index contributed by atoms with van der Waals surface area (Å²) in [5, 5.41) is 0. The predicted octanol–water partition coefficient (Wildman–Crippen LogP) is 3.06. The number of carbonyl (C=O) groups is 1. The second-order valence-electron chi connectivity index (χ2n) is 6.16. The minimum atomic E-state index is -3.74. The summed E-state index contributed by atoms with van der Waals surface area (Å²) in [6.45, 7) is 2.40. The van der Waals surface area contributed by atoms with E-state index in [0.29, 0.717) is 41.3 Å². The molecule has 7 nitrogen and oxygen atoms in total. The fraction of sp³-hybridized carbons (Fsp3) is 0.222. The summed E-state index contributed by atoms with van der Waals surface area (Å²) >= 11 is 0. The third kappa shape index (κ3) is 3.03. The van der Waals surface area contributed by atoms with E-state index in [2.05, 4.69) is 9.71 Å². The van der Waals surface area contributed by atoms with Crippen LogP contribution in [-0.4, -0.2) is 25.9 Å². The molecule has 1 amide bonds. The van der Waals surface area contributed by atoms with Gasteiger partial charge in [-0.2, -0.15) is 0 Å². The van der Waals surface area contributed by atoms with Crippen LogP contribution in [0, 0.1) is 6.92 Å². The number of aryl methyl sites for hydroxylation is 1. The molecule has 1 aliphatic heterocycles. The van der Waals surface area contributed by atoms with Crippen LogP contribution in [0.5, 0.6) is 0 Å². The van der Waals surface area contributed by atoms with Gasteiger partial charge in [0.05, 0.1) is 10.6 Å². The zero-order chi connectivity index (χ0) is 18.3. The minimum Gasteiger partial charge on any atom is -0.441 e. The molecular formula is C18H17N3O4S. The maximum atomic E-state index is 12.6. The lowest BCUT2D eigenvalue weighted by Gasteiger charge is -2.16. The van der Waals surface area contributed by atoms with Gasteiger partial charge >= 0.3 is 0 Å². The number of hydrogen-bond donors (Lipinski definition) is 1. The van der Waals surface area contributed by atoms with Crippen LogP contribution in [0.1, 0.15) is 18.7 Å². The predicted molar refractivity (Wildman–Crippen MR) is 97.6 cm³/mol. The number of oxazole rings is 1. The Bertz CT molecular complexity index is 1090. The SMILES string of the molecule is Cc1nc2cc(NS(=O)(=O)c3ccc(N4CCCC4=O)cc3)ccc2o1. The molecule has 2 aromatic carbocycles. The summed E-state index contributed by atoms with van der Waals surface area (Å²) < 4.78 is 33.1. The normalized spacial score (nSPS) is 15.0. The molecule has 1 N–H and O–H groups in total. The number of nitrogens with one attached hydrogen (secondary N) is 1. The van der Waals surface area contributed by atoms with Crippen molar-refractivity contribution in [1.82, 2.24) is 4.98 Å². The molecule has 0 saturated carbocycles. The molecule has 4 rings (SSSR count). The molecule has 1 aromatic heterocycles. The van der Waals surface area contributed by atoms with Crippen molar-refractivity contribution in [3.8, 4) is 0 Å². The van der Waals surface area contributed by atoms with E-state index in [1.54, 1.807) is 42.2 Å². The van der Waals surface area contributed by atoms with Crippen LogP contribution < -0.4 is 9.62 Å². The van der Waals surface area contributed by atoms with Crippen molar-refractivity contribution in [3.05, 3.63) is 48.4 Å². The molecule has 134 valence electrons. The fourth-order valence-electron chi connectivity index (χ4n) is 3.05. The molecule has 8 heteroatoms. The average molecular weight is 371 g/mol. The van der Waals surface area contributed by atoms with Gasteiger partial charge in [0.1, 0.15) is 5.52 Å². The molecule has 0 unspecified atom stereocenters. The van der Waals surface area contributed by atoms with E-state index in [9.17, 15) is 13.2 Å². The maximum absolute atomic E-state index is 12.6. The van der Waals surface area contributed by atoms with Crippen LogP contribution in [0.3, 0.4) is 0 Å². The van der Waals surface area contributed by atoms with Crippen LogP contribution in [0.25, 0.3) is 11.1 Å². The third-order valence-corrected chi connectivity index (χ3v) is 5.68. The highest BCUT2D eigenvalue weighted by atomic mass is 32.2. The van der Waals surface area contributed by atoms with Crippen molar-refractivity contribution in [3.63, 3.8) is 0 Å². The van der Waals surface area contributed by atoms with Gasteiger partial charge in [0.25, 0.3) is 10.0 Å². The first-order valence-corrected chi connectivity index (χ1v) is 9.71. The third-order valence-electron chi connectivity index (χ3n) is 4.28. The van der Waals surface area contributed by atoms with Crippen molar-refractivity contribution >= 4 is 38.4 Å². The Morgan fingerprint density at radius 3 is 2.62 bits per heavy atom. The van der Waals surface area contributed by atoms with E-state index in [1.165, 1.54) is 12.1 Å². The Kier molecular flexibility index (Phi) is 3.91. The highest BCUT2D eigenvalue weighted by molar-refractivity contribution is 7.92. The minimum absolute atomic E-state index is 0.0648. The molecule has 1 fully saturated rings. The van der Waals surface area contributed by atoms with E-state index in [-0.39, 0.29) is 10.8 Å². The van der Waals surface area contributed by atoms with Crippen molar-refractivity contribution in [2.45, 2.75) is 24.7 Å². The zero-order valence-corrected chi connectivity index (χ0v) is 14.9. The maximum Gasteiger partial charge on any atom is 0.261 e. The second-order valence-corrected chi connectivity index (χ2v) is 7.85. The Labute approximate surface area is 150 Å². The number of amides is 1. The fourth-order valence-corrected chi connectivity index (χ4v) is 4.10. The van der Waals surface area contributed by atoms with Gasteiger partial charge in [-0.3, -0.25) is 9.52 Å². The standard InChI is InChI=1S/C18H17N3O4S/c1-12-19-16-11-13(4-9-17(16)25-12)20-26(23,24)15-7-5-14(6-8-15)21-10-2-3-18(21)22/h4-9,11,20H,2-3,10H2,1H3. The summed E-state index contributed by atoms with van der Waals surface area (Å²) in [5.41, 5.74) is 2.31. The number of aromatic nitrogens is 1. The lowest BCUT2D eigenvalue weighted by atomic mass is 10.3. The quantitative estimate of drug-likeness (QED) is 0.761. The molecule has 26 heavy (non-hydrogen) atoms. The summed E-state index contributed by atoms with van der Waals surface area (Å²) in [7, 11) is -3.74. The van der Waals surface area contributed by atoms with Crippen LogP contribution in [0.15, 0.2) is 51.8 Å². The van der Waals surface area contributed by atoms with Crippen molar-refractivity contribution < 1.29 is 17.6 Å². The molecular weight excluding hydrogens is 354 g/mol. The number of anilines is 2. The molecule has 1 saturated heterocycles. The number of nitrogens with zero attached hydrogens (tertiary/aromatic N) is 2. The van der Waals surface area contributed by atoms with E-state index in [4.69, 9.17) is 4.42 Å². The summed E-state index contributed by atoms with van der Waals surface area (Å²) in [4.78, 5) is 17.8. The van der Waals surface area contributed by atoms with Crippen LogP contribution in [0.4, 0.5) is 11.4 Å². The first kappa shape index (κ1) is 16.6. The topological polar surface area (TPSA) is 92.5 Å².